The molecule has 0 radical (unpaired) electrons. The lowest BCUT2D eigenvalue weighted by Crippen LogP contribution is -2.58. The molecule has 0 heterocycles. The molecule has 342 valence electrons. The minimum Gasteiger partial charge on any atom is -0.455 e. The molecular formula is C64H80O. The van der Waals surface area contributed by atoms with Crippen LogP contribution in [-0.4, -0.2) is 0 Å². The van der Waals surface area contributed by atoms with Gasteiger partial charge in [0.25, 0.3) is 0 Å². The second-order valence-corrected chi connectivity index (χ2v) is 29.9. The number of terminal acetylenes is 1. The zero-order valence-corrected chi connectivity index (χ0v) is 40.2. The van der Waals surface area contributed by atoms with Gasteiger partial charge in [-0.25, -0.2) is 0 Å². The van der Waals surface area contributed by atoms with Gasteiger partial charge in [0.05, 0.1) is 5.56 Å². The largest absolute Gasteiger partial charge is 0.455 e. The highest BCUT2D eigenvalue weighted by Gasteiger charge is 2.66. The van der Waals surface area contributed by atoms with E-state index in [2.05, 4.69) is 46.9 Å². The van der Waals surface area contributed by atoms with Gasteiger partial charge in [0.15, 0.2) is 0 Å². The van der Waals surface area contributed by atoms with E-state index in [4.69, 9.17) is 11.2 Å². The Labute approximate surface area is 392 Å². The highest BCUT2D eigenvalue weighted by molar-refractivity contribution is 5.70. The van der Waals surface area contributed by atoms with Crippen molar-refractivity contribution in [3.63, 3.8) is 0 Å². The minimum atomic E-state index is 0.266. The molecule has 0 amide bonds. The summed E-state index contributed by atoms with van der Waals surface area (Å²) < 4.78 is 8.48. The van der Waals surface area contributed by atoms with Crippen molar-refractivity contribution in [2.75, 3.05) is 0 Å². The van der Waals surface area contributed by atoms with Crippen LogP contribution in [0.25, 0.3) is 0 Å². The summed E-state index contributed by atoms with van der Waals surface area (Å²) in [4.78, 5) is 0. The summed E-state index contributed by atoms with van der Waals surface area (Å²) >= 11 is 0. The molecule has 20 fully saturated rings. The molecule has 0 N–H and O–H groups in total. The van der Waals surface area contributed by atoms with Gasteiger partial charge in [-0.15, -0.1) is 6.42 Å². The monoisotopic (exact) mass is 865 g/mol. The van der Waals surface area contributed by atoms with Crippen LogP contribution >= 0.6 is 0 Å². The highest BCUT2D eigenvalue weighted by atomic mass is 16.5. The van der Waals surface area contributed by atoms with Gasteiger partial charge in [0.1, 0.15) is 11.5 Å². The Morgan fingerprint density at radius 2 is 0.538 bits per heavy atom. The van der Waals surface area contributed by atoms with Crippen molar-refractivity contribution in [3.05, 3.63) is 57.6 Å². The van der Waals surface area contributed by atoms with Crippen LogP contribution in [0.1, 0.15) is 226 Å². The summed E-state index contributed by atoms with van der Waals surface area (Å²) in [5, 5.41) is 0. The average Bonchev–Trinajstić information content (AvgIpc) is 3.23. The fourth-order valence-corrected chi connectivity index (χ4v) is 26.3. The van der Waals surface area contributed by atoms with E-state index in [1.165, 1.54) is 116 Å². The van der Waals surface area contributed by atoms with Crippen molar-refractivity contribution in [3.8, 4) is 23.8 Å². The summed E-state index contributed by atoms with van der Waals surface area (Å²) in [5.41, 5.74) is 12.9. The van der Waals surface area contributed by atoms with Gasteiger partial charge in [-0.05, 0) is 326 Å². The Kier molecular flexibility index (Phi) is 7.70. The smallest absolute Gasteiger partial charge is 0.143 e. The third-order valence-corrected chi connectivity index (χ3v) is 25.6. The Morgan fingerprint density at radius 3 is 0.785 bits per heavy atom. The van der Waals surface area contributed by atoms with E-state index in [1.807, 2.05) is 11.1 Å². The molecule has 2 aromatic carbocycles. The van der Waals surface area contributed by atoms with Crippen molar-refractivity contribution in [2.24, 2.45) is 88.8 Å². The van der Waals surface area contributed by atoms with Crippen molar-refractivity contribution < 1.29 is 4.74 Å². The van der Waals surface area contributed by atoms with Gasteiger partial charge in [-0.1, -0.05) is 18.1 Å². The van der Waals surface area contributed by atoms with Gasteiger partial charge < -0.3 is 4.74 Å². The molecular weight excluding hydrogens is 785 g/mol. The predicted molar refractivity (Wildman–Crippen MR) is 260 cm³/mol. The van der Waals surface area contributed by atoms with E-state index in [1.54, 1.807) is 82.8 Å². The van der Waals surface area contributed by atoms with Crippen LogP contribution in [-0.2, 0) is 27.1 Å². The van der Waals surface area contributed by atoms with Crippen molar-refractivity contribution in [1.29, 1.82) is 0 Å². The number of benzene rings is 2. The lowest BCUT2D eigenvalue weighted by molar-refractivity contribution is -0.0334. The zero-order chi connectivity index (χ0) is 42.2. The Balaban J connectivity index is 1.07. The molecule has 20 aliphatic rings. The molecule has 0 aromatic heterocycles. The van der Waals surface area contributed by atoms with Crippen LogP contribution in [0.5, 0.6) is 11.5 Å². The molecule has 1 nitrogen and oxygen atoms in total. The first-order chi connectivity index (χ1) is 31.7. The molecule has 1 heteroatoms. The first-order valence-electron chi connectivity index (χ1n) is 29.2. The first kappa shape index (κ1) is 38.6. The summed E-state index contributed by atoms with van der Waals surface area (Å²) in [5.74, 6) is 20.0. The number of ether oxygens (including phenoxy) is 1. The zero-order valence-electron chi connectivity index (χ0n) is 40.2. The molecule has 20 aliphatic carbocycles. The topological polar surface area (TPSA) is 9.23 Å². The van der Waals surface area contributed by atoms with E-state index < -0.39 is 0 Å². The number of rotatable bonds is 7. The molecule has 0 saturated heterocycles. The molecule has 20 saturated carbocycles. The predicted octanol–water partition coefficient (Wildman–Crippen LogP) is 15.8. The maximum Gasteiger partial charge on any atom is 0.143 e. The van der Waals surface area contributed by atoms with Crippen molar-refractivity contribution in [2.45, 2.75) is 220 Å². The molecule has 22 rings (SSSR count). The number of para-hydroxylation sites is 1. The van der Waals surface area contributed by atoms with Crippen LogP contribution < -0.4 is 4.74 Å². The van der Waals surface area contributed by atoms with Gasteiger partial charge in [-0.3, -0.25) is 0 Å². The molecule has 2 aromatic rings. The normalized spacial score (nSPS) is 53.7. The standard InChI is InChI=1S/C64H80O/c1-2-52-5-3-4-6-53(52)65-59-57(63-31-46-16-47(32-63)18-48(17-46)33-63)55(61-25-40-10-41(26-61)12-42(11-40)27-61)54(60-22-37-7-38(23-60)9-39(8-37)24-60)56(62-28-43-13-44(29-62)15-45(14-43)30-62)58(59)64-34-49-19-50(35-64)21-51(20-49)36-64/h1,3-6,37-51H,7-36H2. The van der Waals surface area contributed by atoms with E-state index in [0.29, 0.717) is 16.2 Å². The summed E-state index contributed by atoms with van der Waals surface area (Å²) in [6.07, 6.45) is 52.2. The van der Waals surface area contributed by atoms with E-state index in [9.17, 15) is 0 Å². The molecule has 20 bridgehead atoms. The van der Waals surface area contributed by atoms with E-state index >= 15 is 0 Å². The quantitative estimate of drug-likeness (QED) is 0.252. The van der Waals surface area contributed by atoms with Gasteiger partial charge in [0, 0.05) is 22.0 Å². The van der Waals surface area contributed by atoms with Crippen LogP contribution in [0.4, 0.5) is 0 Å². The van der Waals surface area contributed by atoms with Gasteiger partial charge in [0.2, 0.25) is 0 Å². The third-order valence-electron chi connectivity index (χ3n) is 25.6. The third kappa shape index (κ3) is 5.32. The molecule has 65 heavy (non-hydrogen) atoms. The average molecular weight is 865 g/mol. The van der Waals surface area contributed by atoms with Crippen LogP contribution in [0.15, 0.2) is 24.3 Å². The van der Waals surface area contributed by atoms with E-state index in [0.717, 1.165) is 100 Å². The molecule has 0 atom stereocenters. The number of hydrogen-bond donors (Lipinski definition) is 0. The lowest BCUT2D eigenvalue weighted by atomic mass is 9.38. The summed E-state index contributed by atoms with van der Waals surface area (Å²) in [6, 6.07) is 9.03. The SMILES string of the molecule is C#Cc1ccccc1Oc1c(C23CC4CC(CC(C4)C2)C3)c(C23CC4CC(CC(C4)C2)C3)c(C23CC4CC(CC(C4)C2)C3)c(C23CC4CC(CC(C4)C2)C3)c1C12CC3CC(CC(C3)C1)C2. The van der Waals surface area contributed by atoms with Crippen LogP contribution in [0.3, 0.4) is 0 Å². The second kappa shape index (κ2) is 13.0. The Hall–Kier alpha value is -2.20. The maximum absolute atomic E-state index is 8.48. The van der Waals surface area contributed by atoms with Gasteiger partial charge >= 0.3 is 0 Å². The summed E-state index contributed by atoms with van der Waals surface area (Å²) in [7, 11) is 0. The van der Waals surface area contributed by atoms with Gasteiger partial charge in [-0.2, -0.15) is 0 Å². The van der Waals surface area contributed by atoms with E-state index in [-0.39, 0.29) is 10.8 Å². The molecule has 0 aliphatic heterocycles. The Bertz CT molecular complexity index is 2120. The molecule has 0 spiro atoms. The Morgan fingerprint density at radius 1 is 0.323 bits per heavy atom. The van der Waals surface area contributed by atoms with Crippen molar-refractivity contribution in [1.82, 2.24) is 0 Å². The van der Waals surface area contributed by atoms with Crippen LogP contribution in [0, 0.1) is 101 Å². The minimum absolute atomic E-state index is 0.266. The number of hydrogen-bond acceptors (Lipinski definition) is 1. The van der Waals surface area contributed by atoms with Crippen LogP contribution in [0.2, 0.25) is 0 Å². The lowest BCUT2D eigenvalue weighted by Gasteiger charge is -2.66. The fourth-order valence-electron chi connectivity index (χ4n) is 26.3. The second-order valence-electron chi connectivity index (χ2n) is 29.9. The molecule has 0 unspecified atom stereocenters. The van der Waals surface area contributed by atoms with Crippen molar-refractivity contribution >= 4 is 0 Å². The fraction of sp³-hybridized carbons (Fsp3) is 0.781. The first-order valence-corrected chi connectivity index (χ1v) is 29.2. The maximum atomic E-state index is 8.48. The summed E-state index contributed by atoms with van der Waals surface area (Å²) in [6.45, 7) is 0. The highest BCUT2D eigenvalue weighted by Crippen LogP contribution is 2.76.